The van der Waals surface area contributed by atoms with Gasteiger partial charge in [0.15, 0.2) is 0 Å². The lowest BCUT2D eigenvalue weighted by Crippen LogP contribution is -2.05. The van der Waals surface area contributed by atoms with Gasteiger partial charge in [0, 0.05) is 9.58 Å². The van der Waals surface area contributed by atoms with E-state index in [1.54, 1.807) is 17.4 Å². The van der Waals surface area contributed by atoms with Gasteiger partial charge in [0.1, 0.15) is 0 Å². The minimum absolute atomic E-state index is 0.184. The molecule has 0 saturated carbocycles. The van der Waals surface area contributed by atoms with Crippen LogP contribution in [0.5, 0.6) is 0 Å². The monoisotopic (exact) mass is 321 g/mol. The zero-order valence-corrected chi connectivity index (χ0v) is 13.2. The van der Waals surface area contributed by atoms with E-state index in [1.807, 2.05) is 12.1 Å². The van der Waals surface area contributed by atoms with Crippen LogP contribution in [0.15, 0.2) is 48.5 Å². The van der Waals surface area contributed by atoms with E-state index in [0.29, 0.717) is 10.0 Å². The third-order valence-corrected chi connectivity index (χ3v) is 5.31. The van der Waals surface area contributed by atoms with Gasteiger partial charge in [-0.2, -0.15) is 0 Å². The van der Waals surface area contributed by atoms with Crippen LogP contribution >= 0.6 is 34.5 Å². The average Bonchev–Trinajstić information content (AvgIpc) is 2.88. The van der Waals surface area contributed by atoms with Crippen molar-refractivity contribution < 1.29 is 0 Å². The Hall–Kier alpha value is -1.22. The van der Waals surface area contributed by atoms with E-state index in [9.17, 15) is 0 Å². The second kappa shape index (κ2) is 5.65. The quantitative estimate of drug-likeness (QED) is 0.590. The first-order valence-corrected chi connectivity index (χ1v) is 7.91. The van der Waals surface area contributed by atoms with Gasteiger partial charge in [-0.25, -0.2) is 0 Å². The summed E-state index contributed by atoms with van der Waals surface area (Å²) < 4.78 is 1.30. The molecule has 3 aromatic rings. The van der Waals surface area contributed by atoms with Crippen molar-refractivity contribution in [1.29, 1.82) is 0 Å². The third-order valence-electron chi connectivity index (χ3n) is 3.19. The van der Waals surface area contributed by atoms with Gasteiger partial charge in [0.05, 0.1) is 21.8 Å². The zero-order chi connectivity index (χ0) is 14.1. The highest BCUT2D eigenvalue weighted by molar-refractivity contribution is 7.19. The number of benzene rings is 2. The Kier molecular flexibility index (Phi) is 3.88. The number of anilines is 1. The third kappa shape index (κ3) is 2.64. The fraction of sp³-hybridized carbons (Fsp3) is 0.125. The Morgan fingerprint density at radius 3 is 2.65 bits per heavy atom. The van der Waals surface area contributed by atoms with Gasteiger partial charge in [-0.05, 0) is 36.6 Å². The van der Waals surface area contributed by atoms with Gasteiger partial charge in [0.2, 0.25) is 0 Å². The standard InChI is InChI=1S/C16H13Cl2NS/c1-10(19-13-7-4-6-12(17)16(13)18)15-9-11-5-2-3-8-14(11)20-15/h2-10,19H,1H3. The Balaban J connectivity index is 1.89. The highest BCUT2D eigenvalue weighted by Crippen LogP contribution is 2.35. The Morgan fingerprint density at radius 1 is 1.05 bits per heavy atom. The number of fused-ring (bicyclic) bond motifs is 1. The molecule has 1 N–H and O–H groups in total. The van der Waals surface area contributed by atoms with Gasteiger partial charge in [-0.3, -0.25) is 0 Å². The molecule has 20 heavy (non-hydrogen) atoms. The zero-order valence-electron chi connectivity index (χ0n) is 10.9. The smallest absolute Gasteiger partial charge is 0.0823 e. The molecule has 0 aliphatic carbocycles. The van der Waals surface area contributed by atoms with Crippen molar-refractivity contribution in [1.82, 2.24) is 0 Å². The van der Waals surface area contributed by atoms with Crippen molar-refractivity contribution in [3.8, 4) is 0 Å². The molecule has 4 heteroatoms. The van der Waals surface area contributed by atoms with Gasteiger partial charge in [-0.1, -0.05) is 47.5 Å². The van der Waals surface area contributed by atoms with Gasteiger partial charge < -0.3 is 5.32 Å². The number of hydrogen-bond donors (Lipinski definition) is 1. The maximum absolute atomic E-state index is 6.21. The normalized spacial score (nSPS) is 12.6. The molecule has 0 spiro atoms. The van der Waals surface area contributed by atoms with Gasteiger partial charge >= 0.3 is 0 Å². The molecule has 1 unspecified atom stereocenters. The molecule has 0 aliphatic rings. The van der Waals surface area contributed by atoms with Crippen molar-refractivity contribution >= 4 is 50.3 Å². The fourth-order valence-corrected chi connectivity index (χ4v) is 3.56. The van der Waals surface area contributed by atoms with E-state index in [4.69, 9.17) is 23.2 Å². The first kappa shape index (κ1) is 13.7. The minimum Gasteiger partial charge on any atom is -0.376 e. The molecule has 0 radical (unpaired) electrons. The summed E-state index contributed by atoms with van der Waals surface area (Å²) in [6.07, 6.45) is 0. The van der Waals surface area contributed by atoms with Crippen molar-refractivity contribution in [2.75, 3.05) is 5.32 Å². The van der Waals surface area contributed by atoms with Crippen LogP contribution in [-0.4, -0.2) is 0 Å². The lowest BCUT2D eigenvalue weighted by Gasteiger charge is -2.15. The van der Waals surface area contributed by atoms with Crippen LogP contribution in [0.25, 0.3) is 10.1 Å². The Bertz CT molecular complexity index is 718. The molecule has 0 amide bonds. The first-order chi connectivity index (χ1) is 9.65. The van der Waals surface area contributed by atoms with Crippen LogP contribution in [0.4, 0.5) is 5.69 Å². The molecule has 0 aliphatic heterocycles. The molecular weight excluding hydrogens is 309 g/mol. The summed E-state index contributed by atoms with van der Waals surface area (Å²) in [4.78, 5) is 1.28. The van der Waals surface area contributed by atoms with Crippen LogP contribution in [-0.2, 0) is 0 Å². The van der Waals surface area contributed by atoms with Crippen molar-refractivity contribution in [2.45, 2.75) is 13.0 Å². The number of halogens is 2. The number of rotatable bonds is 3. The number of hydrogen-bond acceptors (Lipinski definition) is 2. The highest BCUT2D eigenvalue weighted by Gasteiger charge is 2.12. The molecule has 1 heterocycles. The highest BCUT2D eigenvalue weighted by atomic mass is 35.5. The maximum Gasteiger partial charge on any atom is 0.0823 e. The second-order valence-electron chi connectivity index (χ2n) is 4.65. The molecule has 0 fully saturated rings. The summed E-state index contributed by atoms with van der Waals surface area (Å²) in [7, 11) is 0. The van der Waals surface area contributed by atoms with E-state index >= 15 is 0 Å². The van der Waals surface area contributed by atoms with Crippen LogP contribution in [0.1, 0.15) is 17.8 Å². The molecule has 102 valence electrons. The van der Waals surface area contributed by atoms with Crippen LogP contribution < -0.4 is 5.32 Å². The summed E-state index contributed by atoms with van der Waals surface area (Å²) in [6.45, 7) is 2.13. The van der Waals surface area contributed by atoms with E-state index in [-0.39, 0.29) is 6.04 Å². The lowest BCUT2D eigenvalue weighted by atomic mass is 10.2. The maximum atomic E-state index is 6.21. The Labute approximate surface area is 132 Å². The van der Waals surface area contributed by atoms with Crippen molar-refractivity contribution in [3.05, 3.63) is 63.5 Å². The summed E-state index contributed by atoms with van der Waals surface area (Å²) in [5.41, 5.74) is 0.865. The minimum atomic E-state index is 0.184. The van der Waals surface area contributed by atoms with Crippen molar-refractivity contribution in [2.24, 2.45) is 0 Å². The van der Waals surface area contributed by atoms with Gasteiger partial charge in [-0.15, -0.1) is 11.3 Å². The van der Waals surface area contributed by atoms with Crippen LogP contribution in [0, 0.1) is 0 Å². The average molecular weight is 322 g/mol. The second-order valence-corrected chi connectivity index (χ2v) is 6.55. The SMILES string of the molecule is CC(Nc1cccc(Cl)c1Cl)c1cc2ccccc2s1. The molecule has 3 rings (SSSR count). The molecular formula is C16H13Cl2NS. The lowest BCUT2D eigenvalue weighted by molar-refractivity contribution is 0.909. The number of thiophene rings is 1. The van der Waals surface area contributed by atoms with E-state index in [1.165, 1.54) is 15.0 Å². The Morgan fingerprint density at radius 2 is 1.85 bits per heavy atom. The number of nitrogens with one attached hydrogen (secondary N) is 1. The van der Waals surface area contributed by atoms with E-state index in [2.05, 4.69) is 42.6 Å². The van der Waals surface area contributed by atoms with Crippen molar-refractivity contribution in [3.63, 3.8) is 0 Å². The molecule has 1 aromatic heterocycles. The molecule has 1 atom stereocenters. The summed E-state index contributed by atoms with van der Waals surface area (Å²) in [5.74, 6) is 0. The summed E-state index contributed by atoms with van der Waals surface area (Å²) in [5, 5.41) is 5.84. The van der Waals surface area contributed by atoms with Crippen LogP contribution in [0.2, 0.25) is 10.0 Å². The largest absolute Gasteiger partial charge is 0.376 e. The van der Waals surface area contributed by atoms with Gasteiger partial charge in [0.25, 0.3) is 0 Å². The first-order valence-electron chi connectivity index (χ1n) is 6.34. The predicted molar refractivity (Wildman–Crippen MR) is 90.3 cm³/mol. The molecule has 0 saturated heterocycles. The van der Waals surface area contributed by atoms with E-state index in [0.717, 1.165) is 5.69 Å². The van der Waals surface area contributed by atoms with Crippen LogP contribution in [0.3, 0.4) is 0 Å². The molecule has 2 aromatic carbocycles. The summed E-state index contributed by atoms with van der Waals surface area (Å²) >= 11 is 14.0. The molecule has 1 nitrogen and oxygen atoms in total. The molecule has 0 bridgehead atoms. The summed E-state index contributed by atoms with van der Waals surface area (Å²) in [6, 6.07) is 16.4. The topological polar surface area (TPSA) is 12.0 Å². The predicted octanol–water partition coefficient (Wildman–Crippen LogP) is 6.38. The fourth-order valence-electron chi connectivity index (χ4n) is 2.14. The van der Waals surface area contributed by atoms with E-state index < -0.39 is 0 Å².